The summed E-state index contributed by atoms with van der Waals surface area (Å²) < 4.78 is 27.4. The standard InChI is InChI=1S/C25H24FN7O3S/c1-25(2)17-19(23(34)28-11-12-37(3)36)29-21(30-20(17)31-24(25)35)18-15-8-6-10-27-22(15)33(32-18)13-14-7-4-5-9-16(14)26/h4-10H,11-13H2,1-3H3,(H,28,34)(H,29,30,31,35). The third kappa shape index (κ3) is 4.48. The highest BCUT2D eigenvalue weighted by Gasteiger charge is 2.44. The molecule has 10 nitrogen and oxygen atoms in total. The van der Waals surface area contributed by atoms with Gasteiger partial charge in [0.1, 0.15) is 23.0 Å². The van der Waals surface area contributed by atoms with Crippen LogP contribution in [0.3, 0.4) is 0 Å². The molecule has 0 saturated heterocycles. The number of nitrogens with one attached hydrogen (secondary N) is 2. The van der Waals surface area contributed by atoms with Gasteiger partial charge in [0.2, 0.25) is 5.91 Å². The number of carbonyl (C=O) groups is 2. The summed E-state index contributed by atoms with van der Waals surface area (Å²) in [6.07, 6.45) is 3.16. The molecule has 2 amide bonds. The molecule has 1 aliphatic heterocycles. The van der Waals surface area contributed by atoms with E-state index in [9.17, 15) is 18.2 Å². The first-order chi connectivity index (χ1) is 17.7. The van der Waals surface area contributed by atoms with Gasteiger partial charge in [-0.2, -0.15) is 5.10 Å². The van der Waals surface area contributed by atoms with Gasteiger partial charge < -0.3 is 10.6 Å². The third-order valence-electron chi connectivity index (χ3n) is 6.22. The van der Waals surface area contributed by atoms with Crippen LogP contribution < -0.4 is 10.6 Å². The first kappa shape index (κ1) is 24.6. The Bertz CT molecular complexity index is 1580. The highest BCUT2D eigenvalue weighted by Crippen LogP contribution is 2.39. The van der Waals surface area contributed by atoms with E-state index in [1.807, 2.05) is 0 Å². The summed E-state index contributed by atoms with van der Waals surface area (Å²) in [6, 6.07) is 9.92. The largest absolute Gasteiger partial charge is 0.350 e. The van der Waals surface area contributed by atoms with E-state index in [1.165, 1.54) is 6.07 Å². The Morgan fingerprint density at radius 2 is 1.97 bits per heavy atom. The van der Waals surface area contributed by atoms with E-state index in [-0.39, 0.29) is 47.9 Å². The number of amides is 2. The van der Waals surface area contributed by atoms with Crippen molar-refractivity contribution in [3.8, 4) is 11.5 Å². The van der Waals surface area contributed by atoms with Crippen molar-refractivity contribution in [2.24, 2.45) is 0 Å². The van der Waals surface area contributed by atoms with Gasteiger partial charge in [-0.1, -0.05) is 18.2 Å². The molecule has 190 valence electrons. The molecule has 2 N–H and O–H groups in total. The number of halogens is 1. The molecule has 1 aromatic carbocycles. The molecule has 0 spiro atoms. The third-order valence-corrected chi connectivity index (χ3v) is 7.00. The quantitative estimate of drug-likeness (QED) is 0.382. The Kier molecular flexibility index (Phi) is 6.28. The first-order valence-electron chi connectivity index (χ1n) is 11.5. The van der Waals surface area contributed by atoms with Gasteiger partial charge in [-0.05, 0) is 32.0 Å². The van der Waals surface area contributed by atoms with Crippen LogP contribution in [0.4, 0.5) is 10.2 Å². The molecule has 4 aromatic rings. The van der Waals surface area contributed by atoms with Crippen molar-refractivity contribution in [1.82, 2.24) is 30.0 Å². The first-order valence-corrected chi connectivity index (χ1v) is 13.3. The van der Waals surface area contributed by atoms with Crippen molar-refractivity contribution >= 4 is 39.5 Å². The number of benzene rings is 1. The minimum Gasteiger partial charge on any atom is -0.350 e. The topological polar surface area (TPSA) is 132 Å². The molecule has 0 fully saturated rings. The van der Waals surface area contributed by atoms with Crippen LogP contribution in [0.25, 0.3) is 22.6 Å². The van der Waals surface area contributed by atoms with Gasteiger partial charge in [-0.15, -0.1) is 0 Å². The number of rotatable bonds is 7. The average Bonchev–Trinajstić information content (AvgIpc) is 3.33. The lowest BCUT2D eigenvalue weighted by molar-refractivity contribution is -0.119. The molecule has 0 saturated carbocycles. The maximum absolute atomic E-state index is 14.4. The van der Waals surface area contributed by atoms with Gasteiger partial charge in [0, 0.05) is 46.7 Å². The number of hydrogen-bond acceptors (Lipinski definition) is 7. The Morgan fingerprint density at radius 1 is 1.19 bits per heavy atom. The van der Waals surface area contributed by atoms with E-state index in [1.54, 1.807) is 61.3 Å². The lowest BCUT2D eigenvalue weighted by atomic mass is 9.85. The number of fused-ring (bicyclic) bond motifs is 2. The van der Waals surface area contributed by atoms with Crippen LogP contribution in [0.5, 0.6) is 0 Å². The van der Waals surface area contributed by atoms with Crippen molar-refractivity contribution in [2.45, 2.75) is 25.8 Å². The molecular formula is C25H24FN7O3S. The fraction of sp³-hybridized carbons (Fsp3) is 0.280. The predicted octanol–water partition coefficient (Wildman–Crippen LogP) is 2.41. The SMILES string of the molecule is CS(=O)CCNC(=O)c1nc(-c2nn(Cc3ccccc3F)c3ncccc23)nc2c1C(C)(C)C(=O)N2. The Balaban J connectivity index is 1.64. The van der Waals surface area contributed by atoms with Crippen LogP contribution in [0, 0.1) is 5.82 Å². The normalized spacial score (nSPS) is 14.9. The van der Waals surface area contributed by atoms with Crippen molar-refractivity contribution in [3.05, 3.63) is 65.2 Å². The summed E-state index contributed by atoms with van der Waals surface area (Å²) in [4.78, 5) is 39.4. The van der Waals surface area contributed by atoms with Crippen molar-refractivity contribution < 1.29 is 18.2 Å². The predicted molar refractivity (Wildman–Crippen MR) is 137 cm³/mol. The highest BCUT2D eigenvalue weighted by molar-refractivity contribution is 7.84. The van der Waals surface area contributed by atoms with Gasteiger partial charge >= 0.3 is 0 Å². The van der Waals surface area contributed by atoms with Gasteiger partial charge in [0.25, 0.3) is 5.91 Å². The van der Waals surface area contributed by atoms with E-state index in [2.05, 4.69) is 30.7 Å². The molecule has 1 unspecified atom stereocenters. The summed E-state index contributed by atoms with van der Waals surface area (Å²) in [6.45, 7) is 3.69. The van der Waals surface area contributed by atoms with E-state index in [0.717, 1.165) is 0 Å². The molecule has 3 aromatic heterocycles. The minimum atomic E-state index is -1.08. The summed E-state index contributed by atoms with van der Waals surface area (Å²) in [5.74, 6) is -0.564. The summed E-state index contributed by atoms with van der Waals surface area (Å²) in [7, 11) is -1.08. The highest BCUT2D eigenvalue weighted by atomic mass is 32.2. The van der Waals surface area contributed by atoms with Gasteiger partial charge in [0.05, 0.1) is 17.3 Å². The van der Waals surface area contributed by atoms with E-state index in [4.69, 9.17) is 0 Å². The van der Waals surface area contributed by atoms with E-state index in [0.29, 0.717) is 27.9 Å². The Hall–Kier alpha value is -4.06. The Labute approximate surface area is 214 Å². The number of aromatic nitrogens is 5. The fourth-order valence-corrected chi connectivity index (χ4v) is 4.65. The van der Waals surface area contributed by atoms with Crippen molar-refractivity contribution in [3.63, 3.8) is 0 Å². The Morgan fingerprint density at radius 3 is 2.73 bits per heavy atom. The van der Waals surface area contributed by atoms with Gasteiger partial charge in [-0.3, -0.25) is 13.8 Å². The lowest BCUT2D eigenvalue weighted by Crippen LogP contribution is -2.33. The molecule has 1 aliphatic rings. The second-order valence-electron chi connectivity index (χ2n) is 9.20. The molecule has 12 heteroatoms. The smallest absolute Gasteiger partial charge is 0.270 e. The number of anilines is 1. The maximum atomic E-state index is 14.4. The summed E-state index contributed by atoms with van der Waals surface area (Å²) in [5, 5.41) is 10.7. The van der Waals surface area contributed by atoms with Gasteiger partial charge in [0.15, 0.2) is 11.5 Å². The maximum Gasteiger partial charge on any atom is 0.270 e. The zero-order valence-electron chi connectivity index (χ0n) is 20.4. The average molecular weight is 522 g/mol. The van der Waals surface area contributed by atoms with Crippen LogP contribution in [-0.2, 0) is 27.6 Å². The molecule has 5 rings (SSSR count). The monoisotopic (exact) mass is 521 g/mol. The lowest BCUT2D eigenvalue weighted by Gasteiger charge is -2.18. The summed E-state index contributed by atoms with van der Waals surface area (Å²) >= 11 is 0. The number of pyridine rings is 1. The minimum absolute atomic E-state index is 0.0333. The second kappa shape index (κ2) is 9.43. The van der Waals surface area contributed by atoms with Crippen molar-refractivity contribution in [2.75, 3.05) is 23.9 Å². The second-order valence-corrected chi connectivity index (χ2v) is 10.8. The zero-order chi connectivity index (χ0) is 26.3. The molecule has 37 heavy (non-hydrogen) atoms. The molecule has 0 bridgehead atoms. The van der Waals surface area contributed by atoms with Crippen LogP contribution >= 0.6 is 0 Å². The van der Waals surface area contributed by atoms with Crippen molar-refractivity contribution in [1.29, 1.82) is 0 Å². The van der Waals surface area contributed by atoms with Crippen LogP contribution in [-0.4, -0.2) is 59.3 Å². The van der Waals surface area contributed by atoms with Crippen LogP contribution in [0.1, 0.15) is 35.5 Å². The zero-order valence-corrected chi connectivity index (χ0v) is 21.2. The van der Waals surface area contributed by atoms with Crippen LogP contribution in [0.15, 0.2) is 42.6 Å². The molecule has 4 heterocycles. The van der Waals surface area contributed by atoms with Crippen LogP contribution in [0.2, 0.25) is 0 Å². The molecule has 1 atom stereocenters. The fourth-order valence-electron chi connectivity index (χ4n) is 4.26. The van der Waals surface area contributed by atoms with E-state index < -0.39 is 22.1 Å². The molecule has 0 aliphatic carbocycles. The van der Waals surface area contributed by atoms with E-state index >= 15 is 0 Å². The molecule has 0 radical (unpaired) electrons. The number of nitrogens with zero attached hydrogens (tertiary/aromatic N) is 5. The van der Waals surface area contributed by atoms with Gasteiger partial charge in [-0.25, -0.2) is 24.0 Å². The number of carbonyl (C=O) groups excluding carboxylic acids is 2. The summed E-state index contributed by atoms with van der Waals surface area (Å²) in [5.41, 5.74) is 0.634. The molecular weight excluding hydrogens is 497 g/mol. The number of hydrogen-bond donors (Lipinski definition) is 2.